The summed E-state index contributed by atoms with van der Waals surface area (Å²) < 4.78 is 5.50. The number of benzene rings is 1. The van der Waals surface area contributed by atoms with Crippen molar-refractivity contribution in [3.05, 3.63) is 34.9 Å². The topological polar surface area (TPSA) is 38.3 Å². The van der Waals surface area contributed by atoms with Crippen molar-refractivity contribution in [1.82, 2.24) is 5.32 Å². The van der Waals surface area contributed by atoms with Crippen LogP contribution in [0.5, 0.6) is 0 Å². The third-order valence-electron chi connectivity index (χ3n) is 3.12. The molecule has 0 aromatic heterocycles. The Balaban J connectivity index is 1.52. The van der Waals surface area contributed by atoms with Crippen LogP contribution in [0.25, 0.3) is 0 Å². The van der Waals surface area contributed by atoms with Crippen LogP contribution in [0.3, 0.4) is 0 Å². The molecule has 1 aliphatic rings. The number of halogens is 1. The predicted octanol–water partition coefficient (Wildman–Crippen LogP) is 2.82. The third kappa shape index (κ3) is 6.08. The summed E-state index contributed by atoms with van der Waals surface area (Å²) >= 11 is 5.79. The quantitative estimate of drug-likeness (QED) is 0.744. The molecular weight excluding hydrogens is 262 g/mol. The van der Waals surface area contributed by atoms with Crippen molar-refractivity contribution in [2.75, 3.05) is 19.8 Å². The first-order valence-corrected chi connectivity index (χ1v) is 7.21. The zero-order valence-electron chi connectivity index (χ0n) is 11.0. The molecule has 4 heteroatoms. The maximum Gasteiger partial charge on any atom is 0.224 e. The molecule has 0 spiro atoms. The van der Waals surface area contributed by atoms with E-state index in [0.717, 1.165) is 31.1 Å². The normalized spacial score (nSPS) is 14.4. The van der Waals surface area contributed by atoms with E-state index in [9.17, 15) is 4.79 Å². The number of amides is 1. The Hall–Kier alpha value is -1.06. The van der Waals surface area contributed by atoms with E-state index in [1.807, 2.05) is 12.1 Å². The van der Waals surface area contributed by atoms with E-state index in [2.05, 4.69) is 5.32 Å². The van der Waals surface area contributed by atoms with Crippen LogP contribution in [0.1, 0.15) is 24.8 Å². The molecule has 1 aliphatic carbocycles. The van der Waals surface area contributed by atoms with Crippen LogP contribution >= 0.6 is 11.6 Å². The summed E-state index contributed by atoms with van der Waals surface area (Å²) in [6.45, 7) is 2.30. The minimum Gasteiger partial charge on any atom is -0.381 e. The fraction of sp³-hybridized carbons (Fsp3) is 0.533. The lowest BCUT2D eigenvalue weighted by Gasteiger charge is -2.06. The standard InChI is InChI=1S/C15H20ClNO2/c16-14-6-4-12(5-7-14)10-15(18)17-8-1-9-19-11-13-2-3-13/h4-7,13H,1-3,8-11H2,(H,17,18). The van der Waals surface area contributed by atoms with Gasteiger partial charge in [-0.3, -0.25) is 4.79 Å². The van der Waals surface area contributed by atoms with Gasteiger partial charge in [0.1, 0.15) is 0 Å². The highest BCUT2D eigenvalue weighted by atomic mass is 35.5. The lowest BCUT2D eigenvalue weighted by molar-refractivity contribution is -0.120. The number of nitrogens with one attached hydrogen (secondary N) is 1. The molecule has 19 heavy (non-hydrogen) atoms. The van der Waals surface area contributed by atoms with Gasteiger partial charge in [0, 0.05) is 24.8 Å². The van der Waals surface area contributed by atoms with Crippen molar-refractivity contribution in [3.8, 4) is 0 Å². The Labute approximate surface area is 119 Å². The zero-order chi connectivity index (χ0) is 13.5. The van der Waals surface area contributed by atoms with Gasteiger partial charge < -0.3 is 10.1 Å². The van der Waals surface area contributed by atoms with E-state index in [1.54, 1.807) is 12.1 Å². The largest absolute Gasteiger partial charge is 0.381 e. The second kappa shape index (κ2) is 7.51. The first-order chi connectivity index (χ1) is 9.24. The van der Waals surface area contributed by atoms with Crippen molar-refractivity contribution in [2.45, 2.75) is 25.7 Å². The highest BCUT2D eigenvalue weighted by molar-refractivity contribution is 6.30. The lowest BCUT2D eigenvalue weighted by atomic mass is 10.1. The van der Waals surface area contributed by atoms with Gasteiger partial charge in [-0.05, 0) is 42.9 Å². The van der Waals surface area contributed by atoms with Crippen LogP contribution in [0.15, 0.2) is 24.3 Å². The minimum absolute atomic E-state index is 0.0458. The van der Waals surface area contributed by atoms with Gasteiger partial charge >= 0.3 is 0 Å². The third-order valence-corrected chi connectivity index (χ3v) is 3.37. The first kappa shape index (κ1) is 14.4. The Morgan fingerprint density at radius 1 is 1.32 bits per heavy atom. The van der Waals surface area contributed by atoms with Gasteiger partial charge in [-0.15, -0.1) is 0 Å². The maximum atomic E-state index is 11.7. The monoisotopic (exact) mass is 281 g/mol. The van der Waals surface area contributed by atoms with Crippen LogP contribution in [0.4, 0.5) is 0 Å². The number of hydrogen-bond acceptors (Lipinski definition) is 2. The Morgan fingerprint density at radius 3 is 2.74 bits per heavy atom. The van der Waals surface area contributed by atoms with Crippen molar-refractivity contribution in [3.63, 3.8) is 0 Å². The van der Waals surface area contributed by atoms with Crippen molar-refractivity contribution >= 4 is 17.5 Å². The minimum atomic E-state index is 0.0458. The fourth-order valence-corrected chi connectivity index (χ4v) is 1.91. The number of ether oxygens (including phenoxy) is 1. The number of carbonyl (C=O) groups is 1. The van der Waals surface area contributed by atoms with Crippen LogP contribution in [0, 0.1) is 5.92 Å². The van der Waals surface area contributed by atoms with E-state index in [0.29, 0.717) is 18.0 Å². The molecule has 0 heterocycles. The maximum absolute atomic E-state index is 11.7. The molecule has 0 unspecified atom stereocenters. The molecule has 0 saturated heterocycles. The summed E-state index contributed by atoms with van der Waals surface area (Å²) in [4.78, 5) is 11.7. The van der Waals surface area contributed by atoms with Crippen LogP contribution < -0.4 is 5.32 Å². The van der Waals surface area contributed by atoms with E-state index in [4.69, 9.17) is 16.3 Å². The molecule has 1 aromatic rings. The first-order valence-electron chi connectivity index (χ1n) is 6.83. The fourth-order valence-electron chi connectivity index (χ4n) is 1.79. The summed E-state index contributed by atoms with van der Waals surface area (Å²) in [5.41, 5.74) is 0.979. The Morgan fingerprint density at radius 2 is 2.05 bits per heavy atom. The zero-order valence-corrected chi connectivity index (χ0v) is 11.8. The average Bonchev–Trinajstić information content (AvgIpc) is 3.20. The number of carbonyl (C=O) groups excluding carboxylic acids is 1. The molecule has 2 rings (SSSR count). The van der Waals surface area contributed by atoms with Gasteiger partial charge in [-0.25, -0.2) is 0 Å². The molecule has 1 amide bonds. The molecule has 1 saturated carbocycles. The van der Waals surface area contributed by atoms with Gasteiger partial charge in [-0.2, -0.15) is 0 Å². The second-order valence-corrected chi connectivity index (χ2v) is 5.46. The van der Waals surface area contributed by atoms with E-state index in [1.165, 1.54) is 12.8 Å². The smallest absolute Gasteiger partial charge is 0.224 e. The van der Waals surface area contributed by atoms with Gasteiger partial charge in [0.05, 0.1) is 6.42 Å². The van der Waals surface area contributed by atoms with E-state index in [-0.39, 0.29) is 5.91 Å². The van der Waals surface area contributed by atoms with Gasteiger partial charge in [-0.1, -0.05) is 23.7 Å². The molecule has 3 nitrogen and oxygen atoms in total. The Bertz CT molecular complexity index is 401. The lowest BCUT2D eigenvalue weighted by Crippen LogP contribution is -2.26. The summed E-state index contributed by atoms with van der Waals surface area (Å²) in [7, 11) is 0. The highest BCUT2D eigenvalue weighted by Crippen LogP contribution is 2.28. The molecule has 1 N–H and O–H groups in total. The molecule has 0 radical (unpaired) electrons. The van der Waals surface area contributed by atoms with E-state index >= 15 is 0 Å². The number of rotatable bonds is 8. The van der Waals surface area contributed by atoms with Gasteiger partial charge in [0.25, 0.3) is 0 Å². The average molecular weight is 282 g/mol. The highest BCUT2D eigenvalue weighted by Gasteiger charge is 2.20. The summed E-state index contributed by atoms with van der Waals surface area (Å²) in [6, 6.07) is 7.35. The second-order valence-electron chi connectivity index (χ2n) is 5.03. The Kier molecular flexibility index (Phi) is 5.67. The van der Waals surface area contributed by atoms with Crippen molar-refractivity contribution in [1.29, 1.82) is 0 Å². The molecule has 1 fully saturated rings. The SMILES string of the molecule is O=C(Cc1ccc(Cl)cc1)NCCCOCC1CC1. The van der Waals surface area contributed by atoms with E-state index < -0.39 is 0 Å². The number of hydrogen-bond donors (Lipinski definition) is 1. The molecule has 0 aliphatic heterocycles. The predicted molar refractivity (Wildman–Crippen MR) is 76.3 cm³/mol. The molecule has 0 atom stereocenters. The van der Waals surface area contributed by atoms with Crippen LogP contribution in [-0.2, 0) is 16.0 Å². The van der Waals surface area contributed by atoms with Crippen LogP contribution in [0.2, 0.25) is 5.02 Å². The van der Waals surface area contributed by atoms with Crippen molar-refractivity contribution in [2.24, 2.45) is 5.92 Å². The summed E-state index contributed by atoms with van der Waals surface area (Å²) in [5, 5.41) is 3.59. The van der Waals surface area contributed by atoms with Gasteiger partial charge in [0.2, 0.25) is 5.91 Å². The summed E-state index contributed by atoms with van der Waals surface area (Å²) in [6.07, 6.45) is 3.91. The summed E-state index contributed by atoms with van der Waals surface area (Å²) in [5.74, 6) is 0.851. The molecule has 1 aromatic carbocycles. The van der Waals surface area contributed by atoms with Crippen molar-refractivity contribution < 1.29 is 9.53 Å². The molecule has 0 bridgehead atoms. The molecular formula is C15H20ClNO2. The molecule has 104 valence electrons. The van der Waals surface area contributed by atoms with Gasteiger partial charge in [0.15, 0.2) is 0 Å². The van der Waals surface area contributed by atoms with Crippen LogP contribution in [-0.4, -0.2) is 25.7 Å².